The van der Waals surface area contributed by atoms with Gasteiger partial charge in [-0.1, -0.05) is 58.7 Å². The maximum Gasteiger partial charge on any atom is 0 e. The van der Waals surface area contributed by atoms with Crippen molar-refractivity contribution in [3.63, 3.8) is 0 Å². The van der Waals surface area contributed by atoms with Gasteiger partial charge in [0.2, 0.25) is 5.71 Å². The number of fused-ring (bicyclic) bond motifs is 4. The molecule has 269 valence electrons. The third kappa shape index (κ3) is 7.32. The smallest absolute Gasteiger partial charge is 0 e. The number of pyridine rings is 3. The molecule has 0 atom stereocenters. The zero-order valence-corrected chi connectivity index (χ0v) is 35.1. The molecule has 0 aliphatic carbocycles. The first-order valence-electron chi connectivity index (χ1n) is 19.0. The summed E-state index contributed by atoms with van der Waals surface area (Å²) in [6, 6.07) is 43.8. The Bertz CT molecular complexity index is 2830. The minimum atomic E-state index is -2.17. The van der Waals surface area contributed by atoms with E-state index in [1.165, 1.54) is 4.40 Å². The third-order valence-electron chi connectivity index (χ3n) is 9.24. The van der Waals surface area contributed by atoms with Crippen LogP contribution in [0.3, 0.4) is 0 Å². The molecule has 0 unspecified atom stereocenters. The fourth-order valence-electron chi connectivity index (χ4n) is 6.65. The molecule has 0 amide bonds. The number of aromatic nitrogens is 5. The van der Waals surface area contributed by atoms with E-state index >= 15 is 0 Å². The first-order chi connectivity index (χ1) is 26.8. The number of nitrogens with zero attached hydrogens (tertiary/aromatic N) is 5. The summed E-state index contributed by atoms with van der Waals surface area (Å²) in [5.74, 6) is 7.83. The number of hydrogen-bond donors (Lipinski definition) is 0. The topological polar surface area (TPSA) is 69.6 Å². The van der Waals surface area contributed by atoms with E-state index in [1.54, 1.807) is 18.3 Å². The van der Waals surface area contributed by atoms with E-state index in [1.807, 2.05) is 105 Å². The standard InChI is InChI=1S/C32H23N4O.C14H16GeN.Ir/c1-19-10-12-22(13-11-19)24-14-15-26(30-29(24)25-7-6-16-33-32(25)37-30)31-35-27-8-4-5-9-28(27)36(31)23-17-20(2)34-21(3)18-23;1-15(2,3)13-9-10-14(16-11-13)12-7-5-4-6-8-12;/h4-14,16-18H,1-3H3;4-7,9-11H,1-3H3;/q2*-1;/i1D3;;. The fourth-order valence-corrected chi connectivity index (χ4v) is 8.82. The van der Waals surface area contributed by atoms with E-state index < -0.39 is 20.1 Å². The van der Waals surface area contributed by atoms with Gasteiger partial charge < -0.3 is 8.98 Å². The van der Waals surface area contributed by atoms with Crippen LogP contribution < -0.4 is 4.40 Å². The Labute approximate surface area is 336 Å². The zero-order chi connectivity index (χ0) is 39.2. The minimum Gasteiger partial charge on any atom is 0 e. The van der Waals surface area contributed by atoms with E-state index in [4.69, 9.17) is 13.5 Å². The number of aryl methyl sites for hydroxylation is 3. The molecule has 9 aromatic rings. The molecule has 0 saturated heterocycles. The van der Waals surface area contributed by atoms with Crippen molar-refractivity contribution in [3.05, 3.63) is 157 Å². The summed E-state index contributed by atoms with van der Waals surface area (Å²) >= 11 is -1.72. The number of hydrogen-bond acceptors (Lipinski definition) is 5. The van der Waals surface area contributed by atoms with Crippen molar-refractivity contribution in [2.75, 3.05) is 0 Å². The third-order valence-corrected chi connectivity index (χ3v) is 13.5. The molecule has 0 aliphatic rings. The molecule has 5 aromatic heterocycles. The average molecular weight is 946 g/mol. The Balaban J connectivity index is 0.000000246. The van der Waals surface area contributed by atoms with Crippen LogP contribution >= 0.6 is 0 Å². The van der Waals surface area contributed by atoms with Gasteiger partial charge in [-0.15, -0.1) is 12.1 Å². The van der Waals surface area contributed by atoms with Crippen LogP contribution in [0.5, 0.6) is 0 Å². The molecule has 9 rings (SSSR count). The summed E-state index contributed by atoms with van der Waals surface area (Å²) in [5.41, 5.74) is 10.5. The molecule has 5 heterocycles. The fraction of sp³-hybridized carbons (Fsp3) is 0.130. The molecule has 6 nitrogen and oxygen atoms in total. The second-order valence-corrected chi connectivity index (χ2v) is 24.8. The maximum absolute atomic E-state index is 7.74. The molecule has 0 bridgehead atoms. The normalized spacial score (nSPS) is 12.4. The van der Waals surface area contributed by atoms with Gasteiger partial charge in [-0.3, -0.25) is 9.97 Å². The number of furan rings is 1. The molecule has 8 heteroatoms. The van der Waals surface area contributed by atoms with E-state index in [9.17, 15) is 0 Å². The Morgan fingerprint density at radius 1 is 0.796 bits per heavy atom. The van der Waals surface area contributed by atoms with Crippen molar-refractivity contribution in [2.24, 2.45) is 0 Å². The maximum atomic E-state index is 7.74. The molecule has 0 aliphatic heterocycles. The van der Waals surface area contributed by atoms with Gasteiger partial charge in [0.05, 0.1) is 22.4 Å². The van der Waals surface area contributed by atoms with Crippen molar-refractivity contribution in [1.82, 2.24) is 24.5 Å². The zero-order valence-electron chi connectivity index (χ0n) is 33.6. The van der Waals surface area contributed by atoms with Crippen LogP contribution in [-0.2, 0) is 20.1 Å². The Morgan fingerprint density at radius 2 is 1.57 bits per heavy atom. The quantitative estimate of drug-likeness (QED) is 0.127. The van der Waals surface area contributed by atoms with E-state index in [-0.39, 0.29) is 20.1 Å². The van der Waals surface area contributed by atoms with Crippen molar-refractivity contribution < 1.29 is 28.6 Å². The monoisotopic (exact) mass is 947 g/mol. The van der Waals surface area contributed by atoms with Gasteiger partial charge in [0, 0.05) is 52.9 Å². The van der Waals surface area contributed by atoms with Crippen LogP contribution in [0.4, 0.5) is 0 Å². The molecule has 0 fully saturated rings. The summed E-state index contributed by atoms with van der Waals surface area (Å²) in [4.78, 5) is 18.6. The van der Waals surface area contributed by atoms with Crippen LogP contribution in [0.1, 0.15) is 21.1 Å². The van der Waals surface area contributed by atoms with Gasteiger partial charge in [-0.25, -0.2) is 4.98 Å². The first kappa shape index (κ1) is 33.4. The molecule has 54 heavy (non-hydrogen) atoms. The van der Waals surface area contributed by atoms with Crippen molar-refractivity contribution in [1.29, 1.82) is 0 Å². The van der Waals surface area contributed by atoms with Gasteiger partial charge in [-0.05, 0) is 62.5 Å². The largest absolute Gasteiger partial charge is 0 e. The minimum absolute atomic E-state index is 0. The van der Waals surface area contributed by atoms with Crippen LogP contribution in [0, 0.1) is 32.8 Å². The van der Waals surface area contributed by atoms with Gasteiger partial charge in [0.15, 0.2) is 0 Å². The van der Waals surface area contributed by atoms with E-state index in [0.717, 1.165) is 61.3 Å². The predicted octanol–water partition coefficient (Wildman–Crippen LogP) is 10.9. The summed E-state index contributed by atoms with van der Waals surface area (Å²) in [5, 5.41) is 1.74. The second kappa shape index (κ2) is 15.3. The summed E-state index contributed by atoms with van der Waals surface area (Å²) < 4.78 is 33.2. The molecule has 0 N–H and O–H groups in total. The van der Waals surface area contributed by atoms with Gasteiger partial charge in [-0.2, -0.15) is 0 Å². The number of rotatable bonds is 5. The Morgan fingerprint density at radius 3 is 2.28 bits per heavy atom. The number of imidazole rings is 1. The van der Waals surface area contributed by atoms with Gasteiger partial charge >= 0.3 is 99.8 Å². The SMILES string of the molecule is [2H]C([2H])([2H])c1ccc(-c2c[c-]c(-c3nc4ccccc4n3-c3cc(C)nc(C)c3)c3oc4ncccc4c23)cc1.[CH3][Ge]([CH3])([CH3])[c]1ccc(-c2[c-]cccc2)nc1.[Ir]. The Kier molecular flexibility index (Phi) is 9.43. The second-order valence-electron chi connectivity index (χ2n) is 14.1. The number of para-hydroxylation sites is 2. The van der Waals surface area contributed by atoms with Crippen LogP contribution in [0.2, 0.25) is 17.3 Å². The van der Waals surface area contributed by atoms with Gasteiger partial charge in [0.25, 0.3) is 0 Å². The summed E-state index contributed by atoms with van der Waals surface area (Å²) in [7, 11) is 0. The number of benzene rings is 4. The molecular formula is C46H39GeIrN5O-2. The van der Waals surface area contributed by atoms with Gasteiger partial charge in [0.1, 0.15) is 0 Å². The average Bonchev–Trinajstić information content (AvgIpc) is 3.77. The van der Waals surface area contributed by atoms with Crippen LogP contribution in [0.25, 0.3) is 72.6 Å². The van der Waals surface area contributed by atoms with E-state index in [0.29, 0.717) is 28.2 Å². The first-order valence-corrected chi connectivity index (χ1v) is 24.9. The van der Waals surface area contributed by atoms with Crippen molar-refractivity contribution >= 4 is 50.8 Å². The summed E-state index contributed by atoms with van der Waals surface area (Å²) in [6.07, 6.45) is 3.74. The molecule has 1 radical (unpaired) electrons. The van der Waals surface area contributed by atoms with E-state index in [2.05, 4.69) is 67.1 Å². The van der Waals surface area contributed by atoms with Crippen LogP contribution in [-0.4, -0.2) is 37.8 Å². The van der Waals surface area contributed by atoms with Crippen LogP contribution in [0.15, 0.2) is 132 Å². The summed E-state index contributed by atoms with van der Waals surface area (Å²) in [6.45, 7) is 1.80. The molecule has 0 saturated carbocycles. The Hall–Kier alpha value is -5.21. The van der Waals surface area contributed by atoms with Crippen molar-refractivity contribution in [3.8, 4) is 39.5 Å². The predicted molar refractivity (Wildman–Crippen MR) is 219 cm³/mol. The van der Waals surface area contributed by atoms with Crippen molar-refractivity contribution in [2.45, 2.75) is 38.0 Å². The molecule has 4 aromatic carbocycles. The molecular weight excluding hydrogens is 903 g/mol. The molecule has 0 spiro atoms.